The van der Waals surface area contributed by atoms with Crippen LogP contribution in [0.1, 0.15) is 24.2 Å². The van der Waals surface area contributed by atoms with Gasteiger partial charge < -0.3 is 15.2 Å². The summed E-state index contributed by atoms with van der Waals surface area (Å²) in [5.74, 6) is -1.10. The molecular formula is C12H13NO4. The summed E-state index contributed by atoms with van der Waals surface area (Å²) in [4.78, 5) is 22.7. The molecule has 2 rings (SSSR count). The van der Waals surface area contributed by atoms with Crippen LogP contribution >= 0.6 is 0 Å². The van der Waals surface area contributed by atoms with E-state index >= 15 is 0 Å². The fourth-order valence-corrected chi connectivity index (χ4v) is 1.75. The first-order valence-corrected chi connectivity index (χ1v) is 5.34. The Balaban J connectivity index is 2.46. The maximum Gasteiger partial charge on any atom is 0.339 e. The first kappa shape index (κ1) is 11.4. The lowest BCUT2D eigenvalue weighted by Gasteiger charge is -2.28. The van der Waals surface area contributed by atoms with Gasteiger partial charge in [-0.1, -0.05) is 19.9 Å². The minimum Gasteiger partial charge on any atom is -0.478 e. The van der Waals surface area contributed by atoms with E-state index in [0.29, 0.717) is 5.69 Å². The van der Waals surface area contributed by atoms with Crippen molar-refractivity contribution in [3.05, 3.63) is 23.8 Å². The lowest BCUT2D eigenvalue weighted by Crippen LogP contribution is -2.41. The second-order valence-corrected chi connectivity index (χ2v) is 4.26. The number of amides is 1. The van der Waals surface area contributed by atoms with Gasteiger partial charge in [-0.25, -0.2) is 4.79 Å². The van der Waals surface area contributed by atoms with Crippen LogP contribution in [0.2, 0.25) is 0 Å². The number of ether oxygens (including phenoxy) is 1. The molecule has 0 aromatic heterocycles. The van der Waals surface area contributed by atoms with E-state index in [1.54, 1.807) is 12.1 Å². The zero-order valence-corrected chi connectivity index (χ0v) is 9.56. The summed E-state index contributed by atoms with van der Waals surface area (Å²) in [5.41, 5.74) is 0.472. The van der Waals surface area contributed by atoms with Crippen LogP contribution < -0.4 is 10.1 Å². The van der Waals surface area contributed by atoms with Crippen LogP contribution in [-0.2, 0) is 4.79 Å². The van der Waals surface area contributed by atoms with Gasteiger partial charge in [-0.05, 0) is 18.1 Å². The number of aromatic carboxylic acids is 1. The summed E-state index contributed by atoms with van der Waals surface area (Å²) in [6.07, 6.45) is -0.650. The van der Waals surface area contributed by atoms with Crippen LogP contribution in [0.25, 0.3) is 0 Å². The molecule has 1 heterocycles. The van der Waals surface area contributed by atoms with Gasteiger partial charge in [-0.15, -0.1) is 0 Å². The van der Waals surface area contributed by atoms with E-state index in [0.717, 1.165) is 0 Å². The summed E-state index contributed by atoms with van der Waals surface area (Å²) in [6.45, 7) is 3.69. The average Bonchev–Trinajstić information content (AvgIpc) is 2.26. The number of nitrogens with one attached hydrogen (secondary N) is 1. The van der Waals surface area contributed by atoms with Crippen LogP contribution in [0.3, 0.4) is 0 Å². The maximum atomic E-state index is 11.7. The minimum absolute atomic E-state index is 0.0231. The van der Waals surface area contributed by atoms with E-state index in [4.69, 9.17) is 9.84 Å². The number of fused-ring (bicyclic) bond motifs is 1. The summed E-state index contributed by atoms with van der Waals surface area (Å²) < 4.78 is 5.51. The monoisotopic (exact) mass is 235 g/mol. The maximum absolute atomic E-state index is 11.7. The van der Waals surface area contributed by atoms with E-state index in [9.17, 15) is 9.59 Å². The zero-order valence-electron chi connectivity index (χ0n) is 9.56. The molecule has 1 unspecified atom stereocenters. The Bertz CT molecular complexity index is 481. The lowest BCUT2D eigenvalue weighted by molar-refractivity contribution is -0.125. The van der Waals surface area contributed by atoms with Crippen molar-refractivity contribution >= 4 is 17.6 Å². The van der Waals surface area contributed by atoms with Gasteiger partial charge in [-0.2, -0.15) is 0 Å². The summed E-state index contributed by atoms with van der Waals surface area (Å²) in [7, 11) is 0. The van der Waals surface area contributed by atoms with Gasteiger partial charge in [0.15, 0.2) is 11.9 Å². The molecule has 1 aromatic carbocycles. The predicted octanol–water partition coefficient (Wildman–Crippen LogP) is 1.74. The fourth-order valence-electron chi connectivity index (χ4n) is 1.75. The van der Waals surface area contributed by atoms with Gasteiger partial charge in [-0.3, -0.25) is 4.79 Å². The third-order valence-electron chi connectivity index (χ3n) is 2.61. The van der Waals surface area contributed by atoms with Crippen LogP contribution in [0.5, 0.6) is 5.75 Å². The van der Waals surface area contributed by atoms with E-state index in [-0.39, 0.29) is 23.1 Å². The zero-order chi connectivity index (χ0) is 12.6. The van der Waals surface area contributed by atoms with Gasteiger partial charge >= 0.3 is 5.97 Å². The molecule has 0 radical (unpaired) electrons. The van der Waals surface area contributed by atoms with Crippen molar-refractivity contribution in [2.45, 2.75) is 20.0 Å². The summed E-state index contributed by atoms with van der Waals surface area (Å²) >= 11 is 0. The Morgan fingerprint density at radius 1 is 1.47 bits per heavy atom. The highest BCUT2D eigenvalue weighted by atomic mass is 16.5. The van der Waals surface area contributed by atoms with Crippen molar-refractivity contribution in [3.63, 3.8) is 0 Å². The molecule has 1 aliphatic rings. The number of rotatable bonds is 2. The smallest absolute Gasteiger partial charge is 0.339 e. The number of carbonyl (C=O) groups excluding carboxylic acids is 1. The molecule has 90 valence electrons. The second kappa shape index (κ2) is 4.08. The Labute approximate surface area is 98.4 Å². The lowest BCUT2D eigenvalue weighted by atomic mass is 10.0. The third-order valence-corrected chi connectivity index (χ3v) is 2.61. The van der Waals surface area contributed by atoms with Crippen molar-refractivity contribution in [2.75, 3.05) is 5.32 Å². The molecular weight excluding hydrogens is 222 g/mol. The van der Waals surface area contributed by atoms with Gasteiger partial charge in [0.1, 0.15) is 5.56 Å². The number of carboxylic acids is 1. The molecule has 17 heavy (non-hydrogen) atoms. The highest BCUT2D eigenvalue weighted by Crippen LogP contribution is 2.34. The van der Waals surface area contributed by atoms with Crippen molar-refractivity contribution in [1.82, 2.24) is 0 Å². The standard InChI is InChI=1S/C12H13NO4/c1-6(2)9-11(14)13-8-5-3-4-7(12(15)16)10(8)17-9/h3-6,9H,1-2H3,(H,13,14)(H,15,16). The van der Waals surface area contributed by atoms with Gasteiger partial charge in [0, 0.05) is 0 Å². The average molecular weight is 235 g/mol. The summed E-state index contributed by atoms with van der Waals surface area (Å²) in [5, 5.41) is 11.7. The highest BCUT2D eigenvalue weighted by Gasteiger charge is 2.32. The number of para-hydroxylation sites is 1. The molecule has 0 fully saturated rings. The largest absolute Gasteiger partial charge is 0.478 e. The molecule has 1 atom stereocenters. The number of carbonyl (C=O) groups is 2. The molecule has 0 saturated carbocycles. The van der Waals surface area contributed by atoms with Crippen molar-refractivity contribution in [3.8, 4) is 5.75 Å². The molecule has 0 bridgehead atoms. The first-order valence-electron chi connectivity index (χ1n) is 5.34. The van der Waals surface area contributed by atoms with Crippen molar-refractivity contribution in [1.29, 1.82) is 0 Å². The Morgan fingerprint density at radius 3 is 2.76 bits per heavy atom. The Hall–Kier alpha value is -2.04. The topological polar surface area (TPSA) is 75.6 Å². The molecule has 5 heteroatoms. The van der Waals surface area contributed by atoms with Crippen LogP contribution in [0, 0.1) is 5.92 Å². The van der Waals surface area contributed by atoms with Crippen LogP contribution in [-0.4, -0.2) is 23.1 Å². The molecule has 0 saturated heterocycles. The van der Waals surface area contributed by atoms with E-state index in [1.807, 2.05) is 13.8 Å². The Kier molecular flexibility index (Phi) is 2.75. The van der Waals surface area contributed by atoms with Crippen molar-refractivity contribution < 1.29 is 19.4 Å². The number of anilines is 1. The predicted molar refractivity (Wildman–Crippen MR) is 61.3 cm³/mol. The van der Waals surface area contributed by atoms with Gasteiger partial charge in [0.2, 0.25) is 0 Å². The highest BCUT2D eigenvalue weighted by molar-refractivity contribution is 6.02. The molecule has 2 N–H and O–H groups in total. The SMILES string of the molecule is CC(C)C1Oc2c(cccc2C(=O)O)NC1=O. The van der Waals surface area contributed by atoms with Crippen LogP contribution in [0.15, 0.2) is 18.2 Å². The number of benzene rings is 1. The Morgan fingerprint density at radius 2 is 2.18 bits per heavy atom. The minimum atomic E-state index is -1.07. The molecule has 1 aromatic rings. The summed E-state index contributed by atoms with van der Waals surface area (Å²) in [6, 6.07) is 4.65. The van der Waals surface area contributed by atoms with E-state index in [1.165, 1.54) is 6.07 Å². The molecule has 1 amide bonds. The van der Waals surface area contributed by atoms with E-state index in [2.05, 4.69) is 5.32 Å². The second-order valence-electron chi connectivity index (χ2n) is 4.26. The first-order chi connectivity index (χ1) is 8.00. The van der Waals surface area contributed by atoms with Gasteiger partial charge in [0.05, 0.1) is 5.69 Å². The molecule has 0 spiro atoms. The molecule has 5 nitrogen and oxygen atoms in total. The molecule has 1 aliphatic heterocycles. The van der Waals surface area contributed by atoms with E-state index < -0.39 is 12.1 Å². The molecule has 0 aliphatic carbocycles. The van der Waals surface area contributed by atoms with Gasteiger partial charge in [0.25, 0.3) is 5.91 Å². The number of hydrogen-bond acceptors (Lipinski definition) is 3. The quantitative estimate of drug-likeness (QED) is 0.818. The normalized spacial score (nSPS) is 18.3. The fraction of sp³-hybridized carbons (Fsp3) is 0.333. The number of carboxylic acid groups (broad SMARTS) is 1. The number of hydrogen-bond donors (Lipinski definition) is 2. The van der Waals surface area contributed by atoms with Crippen LogP contribution in [0.4, 0.5) is 5.69 Å². The van der Waals surface area contributed by atoms with Crippen molar-refractivity contribution in [2.24, 2.45) is 5.92 Å². The third kappa shape index (κ3) is 1.95.